The van der Waals surface area contributed by atoms with Crippen molar-refractivity contribution in [3.8, 4) is 11.1 Å². The van der Waals surface area contributed by atoms with Gasteiger partial charge in [-0.25, -0.2) is 18.2 Å². The number of halogens is 3. The number of alkyl halides is 1. The van der Waals surface area contributed by atoms with Crippen LogP contribution >= 0.6 is 0 Å². The lowest BCUT2D eigenvalue weighted by Gasteiger charge is -2.35. The van der Waals surface area contributed by atoms with Gasteiger partial charge in [-0.3, -0.25) is 34.0 Å². The molecule has 2 aromatic heterocycles. The lowest BCUT2D eigenvalue weighted by Crippen LogP contribution is -2.52. The Balaban J connectivity index is 0.00000203. The second-order valence-corrected chi connectivity index (χ2v) is 20.2. The van der Waals surface area contributed by atoms with Crippen molar-refractivity contribution in [2.24, 2.45) is 11.8 Å². The topological polar surface area (TPSA) is 215 Å². The van der Waals surface area contributed by atoms with E-state index in [2.05, 4.69) is 31.2 Å². The van der Waals surface area contributed by atoms with Crippen LogP contribution in [0.5, 0.6) is 0 Å². The number of benzene rings is 3. The first kappa shape index (κ1) is 49.2. The molecule has 4 fully saturated rings. The normalized spacial score (nSPS) is 20.2. The minimum absolute atomic E-state index is 0.00329. The summed E-state index contributed by atoms with van der Waals surface area (Å²) < 4.78 is 79.4. The fourth-order valence-electron chi connectivity index (χ4n) is 10.2. The number of anilines is 3. The summed E-state index contributed by atoms with van der Waals surface area (Å²) in [6, 6.07) is 16.7. The van der Waals surface area contributed by atoms with Crippen molar-refractivity contribution >= 4 is 68.3 Å². The van der Waals surface area contributed by atoms with Crippen molar-refractivity contribution in [2.45, 2.75) is 63.7 Å². The summed E-state index contributed by atoms with van der Waals surface area (Å²) in [5, 5.41) is 9.58. The van der Waals surface area contributed by atoms with Crippen LogP contribution in [0.1, 0.15) is 76.8 Å². The van der Waals surface area contributed by atoms with Gasteiger partial charge in [0.05, 0.1) is 11.3 Å². The third-order valence-electron chi connectivity index (χ3n) is 14.1. The number of amides is 3. The molecule has 17 nitrogen and oxygen atoms in total. The summed E-state index contributed by atoms with van der Waals surface area (Å²) in [5.74, 6) is -3.49. The van der Waals surface area contributed by atoms with E-state index in [0.29, 0.717) is 47.0 Å². The molecule has 0 saturated carbocycles. The number of aromatic amines is 1. The average molecular weight is 999 g/mol. The summed E-state index contributed by atoms with van der Waals surface area (Å²) in [7, 11) is -4.36. The Bertz CT molecular complexity index is 2960. The number of ether oxygens (including phenoxy) is 1. The van der Waals surface area contributed by atoms with Gasteiger partial charge in [-0.2, -0.15) is 12.7 Å². The molecular weight excluding hydrogens is 946 g/mol. The van der Waals surface area contributed by atoms with Gasteiger partial charge in [-0.05, 0) is 110 Å². The van der Waals surface area contributed by atoms with Crippen molar-refractivity contribution in [1.82, 2.24) is 24.5 Å². The minimum atomic E-state index is -4.36. The first-order valence-electron chi connectivity index (χ1n) is 23.7. The van der Waals surface area contributed by atoms with Gasteiger partial charge in [0, 0.05) is 111 Å². The van der Waals surface area contributed by atoms with E-state index in [-0.39, 0.29) is 49.8 Å². The number of fused-ring (bicyclic) bond motifs is 2. The smallest absolute Gasteiger partial charge is 0.301 e. The molecular formula is C50H53F3N8O9S. The zero-order valence-electron chi connectivity index (χ0n) is 38.6. The van der Waals surface area contributed by atoms with Crippen LogP contribution in [0.2, 0.25) is 0 Å². The first-order chi connectivity index (χ1) is 34.2. The van der Waals surface area contributed by atoms with Gasteiger partial charge in [0.15, 0.2) is 5.82 Å². The second-order valence-electron chi connectivity index (χ2n) is 18.6. The first-order valence-corrected chi connectivity index (χ1v) is 25.1. The Morgan fingerprint density at radius 1 is 0.859 bits per heavy atom. The van der Waals surface area contributed by atoms with Gasteiger partial charge in [-0.1, -0.05) is 12.1 Å². The number of hydrogen-bond donors (Lipinski definition) is 4. The van der Waals surface area contributed by atoms with Gasteiger partial charge in [0.25, 0.3) is 12.4 Å². The molecule has 71 heavy (non-hydrogen) atoms. The largest absolute Gasteiger partial charge is 0.483 e. The molecule has 3 amide bonds. The molecule has 7 heterocycles. The number of nitrogens with one attached hydrogen (secondary N) is 3. The number of ketones is 1. The number of piperidine rings is 3. The van der Waals surface area contributed by atoms with E-state index in [1.807, 2.05) is 41.1 Å². The highest BCUT2D eigenvalue weighted by Gasteiger charge is 2.40. The maximum Gasteiger partial charge on any atom is 0.301 e. The van der Waals surface area contributed by atoms with Crippen LogP contribution in [0.3, 0.4) is 0 Å². The van der Waals surface area contributed by atoms with Crippen molar-refractivity contribution in [3.63, 3.8) is 0 Å². The molecule has 0 radical (unpaired) electrons. The van der Waals surface area contributed by atoms with E-state index in [0.717, 1.165) is 104 Å². The van der Waals surface area contributed by atoms with E-state index < -0.39 is 57.0 Å². The fraction of sp³-hybridized carbons (Fsp3) is 0.400. The highest BCUT2D eigenvalue weighted by Crippen LogP contribution is 2.35. The predicted molar refractivity (Wildman–Crippen MR) is 257 cm³/mol. The van der Waals surface area contributed by atoms with Crippen molar-refractivity contribution in [1.29, 1.82) is 0 Å². The second kappa shape index (κ2) is 20.9. The number of rotatable bonds is 13. The summed E-state index contributed by atoms with van der Waals surface area (Å²) in [4.78, 5) is 73.0. The SMILES string of the molecule is O=C1CCC(N2Cc3cc(N4CCC(COCC5CCN(c6ccc(-c7cnc8[nH]cc(C(=O)c9c(F)ccc(NS(=O)(=O)N%10CC[C@@H](F)C%10)c9F)c8c7)cc6)CC5)CC4)ccc3C2=O)C(=O)N1.O=CO. The van der Waals surface area contributed by atoms with Crippen LogP contribution < -0.4 is 19.8 Å². The highest BCUT2D eigenvalue weighted by atomic mass is 32.2. The summed E-state index contributed by atoms with van der Waals surface area (Å²) >= 11 is 0. The van der Waals surface area contributed by atoms with Crippen molar-refractivity contribution in [2.75, 3.05) is 67.0 Å². The predicted octanol–water partition coefficient (Wildman–Crippen LogP) is 6.05. The van der Waals surface area contributed by atoms with Crippen molar-refractivity contribution < 1.29 is 55.4 Å². The van der Waals surface area contributed by atoms with Crippen LogP contribution in [0.15, 0.2) is 73.1 Å². The van der Waals surface area contributed by atoms with Gasteiger partial charge in [-0.15, -0.1) is 0 Å². The molecule has 21 heteroatoms. The lowest BCUT2D eigenvalue weighted by molar-refractivity contribution is -0.137. The van der Waals surface area contributed by atoms with E-state index in [9.17, 15) is 32.0 Å². The zero-order valence-corrected chi connectivity index (χ0v) is 39.4. The quantitative estimate of drug-likeness (QED) is 0.0603. The highest BCUT2D eigenvalue weighted by molar-refractivity contribution is 7.90. The molecule has 5 aliphatic heterocycles. The van der Waals surface area contributed by atoms with E-state index in [1.54, 1.807) is 17.2 Å². The monoisotopic (exact) mass is 998 g/mol. The van der Waals surface area contributed by atoms with E-state index in [1.165, 1.54) is 6.20 Å². The molecule has 1 unspecified atom stereocenters. The fourth-order valence-corrected chi connectivity index (χ4v) is 11.4. The molecule has 0 bridgehead atoms. The van der Waals surface area contributed by atoms with Gasteiger partial charge >= 0.3 is 10.2 Å². The molecule has 5 aliphatic rings. The third kappa shape index (κ3) is 10.5. The molecule has 10 rings (SSSR count). The Kier molecular flexibility index (Phi) is 14.4. The Labute approximate surface area is 407 Å². The third-order valence-corrected chi connectivity index (χ3v) is 15.6. The Morgan fingerprint density at radius 2 is 1.52 bits per heavy atom. The number of H-pyrrole nitrogens is 1. The lowest BCUT2D eigenvalue weighted by atomic mass is 9.95. The molecule has 2 atom stereocenters. The van der Waals surface area contributed by atoms with Crippen molar-refractivity contribution in [3.05, 3.63) is 107 Å². The maximum absolute atomic E-state index is 15.8. The van der Waals surface area contributed by atoms with E-state index in [4.69, 9.17) is 14.6 Å². The van der Waals surface area contributed by atoms with E-state index >= 15 is 8.78 Å². The standard InChI is InChI=1S/C49H51F3N8O7S.CH2O2/c50-34-15-20-59(26-34)68(65,66)56-41-8-7-40(51)44(45(41)52)46(62)39-24-54-47-38(39)22-32(23-53-47)31-1-3-35(4-2-31)57-16-11-29(12-17-57)27-67-28-30-13-18-58(19-14-30)36-5-6-37-33(21-36)25-60(49(37)64)42-9-10-43(61)55-48(42)63;2-1-3/h1-8,21-24,29-30,34,42,56H,9-20,25-28H2,(H,53,54)(H,55,61,63);1H,(H,2,3)/t34-,42?;/m1./s1. The van der Waals surface area contributed by atoms with Crippen LogP contribution in [0.4, 0.5) is 30.2 Å². The van der Waals surface area contributed by atoms with Crippen LogP contribution in [-0.4, -0.2) is 127 Å². The summed E-state index contributed by atoms with van der Waals surface area (Å²) in [6.45, 7) is 4.64. The number of pyridine rings is 1. The minimum Gasteiger partial charge on any atom is -0.483 e. The molecule has 4 N–H and O–H groups in total. The van der Waals surface area contributed by atoms with Gasteiger partial charge < -0.3 is 29.5 Å². The zero-order chi connectivity index (χ0) is 50.0. The van der Waals surface area contributed by atoms with Gasteiger partial charge in [0.1, 0.15) is 23.7 Å². The number of aromatic nitrogens is 2. The number of imide groups is 1. The maximum atomic E-state index is 15.8. The van der Waals surface area contributed by atoms with Crippen LogP contribution in [0.25, 0.3) is 22.2 Å². The molecule has 0 spiro atoms. The van der Waals surface area contributed by atoms with Gasteiger partial charge in [0.2, 0.25) is 17.6 Å². The number of carbonyl (C=O) groups is 5. The summed E-state index contributed by atoms with van der Waals surface area (Å²) in [5.41, 5.74) is 3.90. The number of carbonyl (C=O) groups excluding carboxylic acids is 4. The molecule has 3 aromatic carbocycles. The molecule has 0 aliphatic carbocycles. The Morgan fingerprint density at radius 3 is 2.17 bits per heavy atom. The molecule has 374 valence electrons. The molecule has 5 aromatic rings. The number of hydrogen-bond acceptors (Lipinski definition) is 11. The Hall–Kier alpha value is -6.84. The number of nitrogens with zero attached hydrogens (tertiary/aromatic N) is 5. The average Bonchev–Trinajstić information content (AvgIpc) is 4.10. The van der Waals surface area contributed by atoms with Crippen LogP contribution in [0, 0.1) is 23.5 Å². The number of carboxylic acid groups (broad SMARTS) is 1. The summed E-state index contributed by atoms with van der Waals surface area (Å²) in [6.07, 6.45) is 6.21. The van der Waals surface area contributed by atoms with Crippen LogP contribution in [-0.2, 0) is 35.9 Å². The molecule has 4 saturated heterocycles.